The number of benzene rings is 1. The van der Waals surface area contributed by atoms with E-state index in [1.54, 1.807) is 23.3 Å². The molecule has 1 aromatic carbocycles. The Morgan fingerprint density at radius 3 is 2.62 bits per heavy atom. The normalized spacial score (nSPS) is 16.2. The number of carbonyl (C=O) groups excluding carboxylic acids is 1. The summed E-state index contributed by atoms with van der Waals surface area (Å²) in [5, 5.41) is 7.36. The molecule has 0 unspecified atom stereocenters. The van der Waals surface area contributed by atoms with E-state index < -0.39 is 0 Å². The third kappa shape index (κ3) is 5.32. The topological polar surface area (TPSA) is 42.8 Å². The fourth-order valence-electron chi connectivity index (χ4n) is 3.69. The standard InChI is InChI=1S/C21H28N2O2S/c1-25-19-8-6-18(7-9-19)20(23-12-3-2-4-13-23)15-22-21(24)10-5-17-11-14-26-16-17/h6-9,11,14,16,20H,2-5,10,12-13,15H2,1H3,(H,22,24)/p+1/t20-/m1/s1. The molecule has 1 atom stereocenters. The Morgan fingerprint density at radius 2 is 1.96 bits per heavy atom. The Labute approximate surface area is 160 Å². The molecule has 2 N–H and O–H groups in total. The number of aryl methyl sites for hydroxylation is 1. The minimum absolute atomic E-state index is 0.145. The van der Waals surface area contributed by atoms with Crippen molar-refractivity contribution < 1.29 is 14.4 Å². The van der Waals surface area contributed by atoms with Gasteiger partial charge in [0, 0.05) is 12.0 Å². The van der Waals surface area contributed by atoms with Gasteiger partial charge in [-0.25, -0.2) is 0 Å². The highest BCUT2D eigenvalue weighted by Gasteiger charge is 2.26. The maximum absolute atomic E-state index is 12.3. The van der Waals surface area contributed by atoms with Gasteiger partial charge in [-0.3, -0.25) is 4.79 Å². The molecule has 0 radical (unpaired) electrons. The zero-order valence-corrected chi connectivity index (χ0v) is 16.3. The van der Waals surface area contributed by atoms with Crippen molar-refractivity contribution in [1.29, 1.82) is 0 Å². The monoisotopic (exact) mass is 373 g/mol. The number of ether oxygens (including phenoxy) is 1. The quantitative estimate of drug-likeness (QED) is 0.747. The number of rotatable bonds is 8. The molecule has 3 rings (SSSR count). The molecule has 1 aliphatic rings. The van der Waals surface area contributed by atoms with Crippen LogP contribution < -0.4 is 15.0 Å². The average molecular weight is 374 g/mol. The van der Waals surface area contributed by atoms with Crippen molar-refractivity contribution in [2.24, 2.45) is 0 Å². The van der Waals surface area contributed by atoms with E-state index >= 15 is 0 Å². The lowest BCUT2D eigenvalue weighted by atomic mass is 10.0. The van der Waals surface area contributed by atoms with Crippen LogP contribution in [0.4, 0.5) is 0 Å². The summed E-state index contributed by atoms with van der Waals surface area (Å²) in [4.78, 5) is 13.9. The lowest BCUT2D eigenvalue weighted by Crippen LogP contribution is -3.13. The summed E-state index contributed by atoms with van der Waals surface area (Å²) < 4.78 is 5.28. The lowest BCUT2D eigenvalue weighted by Gasteiger charge is -2.32. The zero-order valence-electron chi connectivity index (χ0n) is 15.5. The Hall–Kier alpha value is -1.85. The van der Waals surface area contributed by atoms with Gasteiger partial charge >= 0.3 is 0 Å². The highest BCUT2D eigenvalue weighted by atomic mass is 32.1. The number of hydrogen-bond acceptors (Lipinski definition) is 3. The van der Waals surface area contributed by atoms with Crippen molar-refractivity contribution in [3.8, 4) is 5.75 Å². The number of hydrogen-bond donors (Lipinski definition) is 2. The first-order valence-electron chi connectivity index (χ1n) is 9.52. The average Bonchev–Trinajstić information content (AvgIpc) is 3.21. The van der Waals surface area contributed by atoms with E-state index in [4.69, 9.17) is 4.74 Å². The van der Waals surface area contributed by atoms with Gasteiger partial charge in [-0.2, -0.15) is 11.3 Å². The van der Waals surface area contributed by atoms with Gasteiger partial charge in [0.25, 0.3) is 0 Å². The summed E-state index contributed by atoms with van der Waals surface area (Å²) in [7, 11) is 1.69. The van der Waals surface area contributed by atoms with Crippen molar-refractivity contribution in [3.63, 3.8) is 0 Å². The van der Waals surface area contributed by atoms with Crippen LogP contribution in [-0.2, 0) is 11.2 Å². The van der Waals surface area contributed by atoms with Gasteiger partial charge in [0.15, 0.2) is 0 Å². The molecule has 0 bridgehead atoms. The number of methoxy groups -OCH3 is 1. The third-order valence-electron chi connectivity index (χ3n) is 5.23. The Kier molecular flexibility index (Phi) is 7.09. The lowest BCUT2D eigenvalue weighted by molar-refractivity contribution is -0.935. The number of thiophene rings is 1. The van der Waals surface area contributed by atoms with Crippen LogP contribution in [0.3, 0.4) is 0 Å². The molecule has 2 heterocycles. The summed E-state index contributed by atoms with van der Waals surface area (Å²) in [6.07, 6.45) is 5.24. The first kappa shape index (κ1) is 18.9. The largest absolute Gasteiger partial charge is 0.497 e. The molecular formula is C21H29N2O2S+. The number of carbonyl (C=O) groups is 1. The van der Waals surface area contributed by atoms with Crippen LogP contribution >= 0.6 is 11.3 Å². The van der Waals surface area contributed by atoms with Gasteiger partial charge in [0.2, 0.25) is 5.91 Å². The Balaban J connectivity index is 1.59. The molecule has 0 aliphatic carbocycles. The highest BCUT2D eigenvalue weighted by molar-refractivity contribution is 7.07. The number of piperidine rings is 1. The molecular weight excluding hydrogens is 344 g/mol. The molecule has 0 saturated carbocycles. The zero-order chi connectivity index (χ0) is 18.2. The summed E-state index contributed by atoms with van der Waals surface area (Å²) >= 11 is 1.68. The van der Waals surface area contributed by atoms with Crippen LogP contribution in [0.25, 0.3) is 0 Å². The molecule has 1 aromatic heterocycles. The summed E-state index contributed by atoms with van der Waals surface area (Å²) in [5.74, 6) is 1.02. The van der Waals surface area contributed by atoms with Crippen LogP contribution in [-0.4, -0.2) is 32.7 Å². The van der Waals surface area contributed by atoms with Gasteiger partial charge in [-0.05, 0) is 72.3 Å². The first-order valence-corrected chi connectivity index (χ1v) is 10.5. The predicted octanol–water partition coefficient (Wildman–Crippen LogP) is 2.62. The van der Waals surface area contributed by atoms with Crippen molar-refractivity contribution in [1.82, 2.24) is 5.32 Å². The van der Waals surface area contributed by atoms with Crippen LogP contribution in [0, 0.1) is 0 Å². The fraction of sp³-hybridized carbons (Fsp3) is 0.476. The number of likely N-dealkylation sites (tertiary alicyclic amines) is 1. The molecule has 1 fully saturated rings. The Bertz CT molecular complexity index is 664. The maximum Gasteiger partial charge on any atom is 0.220 e. The summed E-state index contributed by atoms with van der Waals surface area (Å²) in [6.45, 7) is 3.06. The van der Waals surface area contributed by atoms with Crippen molar-refractivity contribution >= 4 is 17.2 Å². The fourth-order valence-corrected chi connectivity index (χ4v) is 4.39. The van der Waals surface area contributed by atoms with Gasteiger partial charge in [0.05, 0.1) is 26.7 Å². The van der Waals surface area contributed by atoms with Gasteiger partial charge < -0.3 is 15.0 Å². The third-order valence-corrected chi connectivity index (χ3v) is 5.96. The minimum atomic E-state index is 0.145. The molecule has 1 saturated heterocycles. The van der Waals surface area contributed by atoms with E-state index in [1.165, 1.54) is 43.5 Å². The number of nitrogens with one attached hydrogen (secondary N) is 2. The SMILES string of the molecule is COc1ccc([C@@H](CNC(=O)CCc2ccsc2)[NH+]2CCCCC2)cc1. The van der Waals surface area contributed by atoms with E-state index in [0.29, 0.717) is 19.0 Å². The molecule has 5 heteroatoms. The molecule has 1 aliphatic heterocycles. The predicted molar refractivity (Wildman–Crippen MR) is 106 cm³/mol. The smallest absolute Gasteiger partial charge is 0.220 e. The van der Waals surface area contributed by atoms with E-state index in [2.05, 4.69) is 34.3 Å². The second-order valence-electron chi connectivity index (χ2n) is 6.98. The van der Waals surface area contributed by atoms with Gasteiger partial charge in [-0.15, -0.1) is 0 Å². The van der Waals surface area contributed by atoms with Crippen LogP contribution in [0.15, 0.2) is 41.1 Å². The first-order chi connectivity index (χ1) is 12.8. The molecule has 1 amide bonds. The second kappa shape index (κ2) is 9.74. The molecule has 26 heavy (non-hydrogen) atoms. The molecule has 140 valence electrons. The highest BCUT2D eigenvalue weighted by Crippen LogP contribution is 2.17. The van der Waals surface area contributed by atoms with Crippen LogP contribution in [0.1, 0.15) is 42.9 Å². The molecule has 2 aromatic rings. The van der Waals surface area contributed by atoms with E-state index in [-0.39, 0.29) is 5.91 Å². The van der Waals surface area contributed by atoms with Crippen molar-refractivity contribution in [2.75, 3.05) is 26.7 Å². The number of amides is 1. The van der Waals surface area contributed by atoms with E-state index in [1.807, 2.05) is 12.1 Å². The van der Waals surface area contributed by atoms with Gasteiger partial charge in [-0.1, -0.05) is 0 Å². The second-order valence-corrected chi connectivity index (χ2v) is 7.76. The van der Waals surface area contributed by atoms with E-state index in [9.17, 15) is 4.79 Å². The molecule has 0 spiro atoms. The van der Waals surface area contributed by atoms with Crippen LogP contribution in [0.5, 0.6) is 5.75 Å². The minimum Gasteiger partial charge on any atom is -0.497 e. The summed E-state index contributed by atoms with van der Waals surface area (Å²) in [6, 6.07) is 10.7. The summed E-state index contributed by atoms with van der Waals surface area (Å²) in [5.41, 5.74) is 2.53. The van der Waals surface area contributed by atoms with Crippen LogP contribution in [0.2, 0.25) is 0 Å². The van der Waals surface area contributed by atoms with Crippen molar-refractivity contribution in [3.05, 3.63) is 52.2 Å². The molecule has 4 nitrogen and oxygen atoms in total. The number of quaternary nitrogens is 1. The van der Waals surface area contributed by atoms with Gasteiger partial charge in [0.1, 0.15) is 11.8 Å². The Morgan fingerprint density at radius 1 is 1.19 bits per heavy atom. The maximum atomic E-state index is 12.3. The van der Waals surface area contributed by atoms with Crippen molar-refractivity contribution in [2.45, 2.75) is 38.1 Å². The van der Waals surface area contributed by atoms with E-state index in [0.717, 1.165) is 12.2 Å².